The predicted molar refractivity (Wildman–Crippen MR) is 85.5 cm³/mol. The highest BCUT2D eigenvalue weighted by Gasteiger charge is 2.13. The molecule has 110 valence electrons. The van der Waals surface area contributed by atoms with Gasteiger partial charge in [0.25, 0.3) is 0 Å². The second kappa shape index (κ2) is 6.31. The molecule has 0 aliphatic carbocycles. The monoisotopic (exact) mass is 274 g/mol. The lowest BCUT2D eigenvalue weighted by atomic mass is 10.0. The van der Waals surface area contributed by atoms with Crippen LogP contribution in [0.4, 0.5) is 0 Å². The van der Waals surface area contributed by atoms with Gasteiger partial charge in [0.15, 0.2) is 0 Å². The zero-order valence-electron chi connectivity index (χ0n) is 13.1. The number of ether oxygens (including phenoxy) is 1. The van der Waals surface area contributed by atoms with Gasteiger partial charge in [0.1, 0.15) is 5.75 Å². The van der Waals surface area contributed by atoms with Crippen LogP contribution in [0.3, 0.4) is 0 Å². The Balaban J connectivity index is 2.10. The minimum atomic E-state index is 0.208. The Morgan fingerprint density at radius 2 is 2.00 bits per heavy atom. The van der Waals surface area contributed by atoms with Crippen molar-refractivity contribution >= 4 is 10.9 Å². The van der Waals surface area contributed by atoms with Gasteiger partial charge in [-0.2, -0.15) is 0 Å². The van der Waals surface area contributed by atoms with Crippen molar-refractivity contribution in [3.63, 3.8) is 0 Å². The van der Waals surface area contributed by atoms with E-state index in [0.29, 0.717) is 6.61 Å². The maximum Gasteiger partial charge on any atom is 0.128 e. The van der Waals surface area contributed by atoms with Gasteiger partial charge in [-0.05, 0) is 45.4 Å². The highest BCUT2D eigenvalue weighted by molar-refractivity contribution is 5.86. The van der Waals surface area contributed by atoms with Crippen LogP contribution >= 0.6 is 0 Å². The number of nitrogens with one attached hydrogen (secondary N) is 1. The first kappa shape index (κ1) is 14.9. The molecule has 1 aromatic carbocycles. The first-order chi connectivity index (χ1) is 9.57. The molecule has 0 aliphatic rings. The van der Waals surface area contributed by atoms with Crippen LogP contribution in [-0.2, 0) is 6.54 Å². The summed E-state index contributed by atoms with van der Waals surface area (Å²) in [6.45, 7) is 11.4. The van der Waals surface area contributed by atoms with E-state index in [0.717, 1.165) is 25.3 Å². The molecule has 0 saturated heterocycles. The maximum absolute atomic E-state index is 5.68. The van der Waals surface area contributed by atoms with E-state index in [1.165, 1.54) is 10.9 Å². The summed E-state index contributed by atoms with van der Waals surface area (Å²) < 4.78 is 7.97. The summed E-state index contributed by atoms with van der Waals surface area (Å²) in [7, 11) is 0. The number of nitrogens with zero attached hydrogens (tertiary/aromatic N) is 1. The van der Waals surface area contributed by atoms with E-state index in [4.69, 9.17) is 4.74 Å². The molecular formula is C17H26N2O. The molecule has 1 aromatic heterocycles. The van der Waals surface area contributed by atoms with E-state index in [9.17, 15) is 0 Å². The fraction of sp³-hybridized carbons (Fsp3) is 0.529. The Kier molecular flexibility index (Phi) is 4.71. The van der Waals surface area contributed by atoms with Crippen LogP contribution in [0.25, 0.3) is 10.9 Å². The van der Waals surface area contributed by atoms with Gasteiger partial charge in [0, 0.05) is 30.2 Å². The first-order valence-electron chi connectivity index (χ1n) is 7.53. The van der Waals surface area contributed by atoms with E-state index >= 15 is 0 Å². The van der Waals surface area contributed by atoms with Crippen LogP contribution in [0.1, 0.15) is 34.1 Å². The Hall–Kier alpha value is -1.48. The predicted octanol–water partition coefficient (Wildman–Crippen LogP) is 3.82. The van der Waals surface area contributed by atoms with Gasteiger partial charge in [0.05, 0.1) is 12.1 Å². The van der Waals surface area contributed by atoms with Crippen molar-refractivity contribution in [1.82, 2.24) is 9.88 Å². The molecule has 0 amide bonds. The molecule has 0 fully saturated rings. The summed E-state index contributed by atoms with van der Waals surface area (Å²) in [5.41, 5.74) is 1.45. The van der Waals surface area contributed by atoms with Crippen LogP contribution < -0.4 is 10.1 Å². The minimum Gasteiger partial charge on any atom is -0.493 e. The summed E-state index contributed by atoms with van der Waals surface area (Å²) in [6.07, 6.45) is 3.28. The molecule has 0 atom stereocenters. The lowest BCUT2D eigenvalue weighted by Gasteiger charge is -2.24. The van der Waals surface area contributed by atoms with Gasteiger partial charge < -0.3 is 14.6 Å². The van der Waals surface area contributed by atoms with E-state index < -0.39 is 0 Å². The minimum absolute atomic E-state index is 0.208. The molecule has 1 N–H and O–H groups in total. The summed E-state index contributed by atoms with van der Waals surface area (Å²) in [5, 5.41) is 4.80. The van der Waals surface area contributed by atoms with E-state index in [1.807, 2.05) is 13.0 Å². The van der Waals surface area contributed by atoms with Crippen LogP contribution in [-0.4, -0.2) is 23.3 Å². The molecular weight excluding hydrogens is 248 g/mol. The van der Waals surface area contributed by atoms with Gasteiger partial charge in [-0.25, -0.2) is 0 Å². The quantitative estimate of drug-likeness (QED) is 0.830. The van der Waals surface area contributed by atoms with Crippen molar-refractivity contribution in [2.75, 3.05) is 13.2 Å². The molecule has 0 bridgehead atoms. The highest BCUT2D eigenvalue weighted by Crippen LogP contribution is 2.26. The third-order valence-electron chi connectivity index (χ3n) is 3.91. The molecule has 3 heteroatoms. The summed E-state index contributed by atoms with van der Waals surface area (Å²) in [6, 6.07) is 8.40. The maximum atomic E-state index is 5.68. The third-order valence-corrected chi connectivity index (χ3v) is 3.91. The van der Waals surface area contributed by atoms with Crippen molar-refractivity contribution in [2.45, 2.75) is 46.2 Å². The van der Waals surface area contributed by atoms with Gasteiger partial charge in [0.2, 0.25) is 0 Å². The lowest BCUT2D eigenvalue weighted by molar-refractivity contribution is 0.344. The Morgan fingerprint density at radius 3 is 2.70 bits per heavy atom. The Bertz CT molecular complexity index is 557. The largest absolute Gasteiger partial charge is 0.493 e. The van der Waals surface area contributed by atoms with E-state index in [-0.39, 0.29) is 5.54 Å². The fourth-order valence-corrected chi connectivity index (χ4v) is 2.31. The molecule has 20 heavy (non-hydrogen) atoms. The fourth-order valence-electron chi connectivity index (χ4n) is 2.31. The van der Waals surface area contributed by atoms with Gasteiger partial charge in [-0.15, -0.1) is 0 Å². The van der Waals surface area contributed by atoms with E-state index in [1.54, 1.807) is 0 Å². The summed E-state index contributed by atoms with van der Waals surface area (Å²) in [5.74, 6) is 0.977. The third kappa shape index (κ3) is 3.34. The van der Waals surface area contributed by atoms with Crippen molar-refractivity contribution in [3.05, 3.63) is 30.5 Å². The second-order valence-electron chi connectivity index (χ2n) is 5.80. The van der Waals surface area contributed by atoms with Gasteiger partial charge in [-0.1, -0.05) is 13.0 Å². The standard InChI is InChI=1S/C17H26N2O/c1-5-17(3,4)18-11-13-19-12-10-14-15(19)8-7-9-16(14)20-6-2/h7-10,12,18H,5-6,11,13H2,1-4H3. The Morgan fingerprint density at radius 1 is 1.20 bits per heavy atom. The smallest absolute Gasteiger partial charge is 0.128 e. The molecule has 0 radical (unpaired) electrons. The molecule has 2 aromatic rings. The number of fused-ring (bicyclic) bond motifs is 1. The van der Waals surface area contributed by atoms with Crippen LogP contribution in [0.15, 0.2) is 30.5 Å². The van der Waals surface area contributed by atoms with Gasteiger partial charge >= 0.3 is 0 Å². The van der Waals surface area contributed by atoms with Gasteiger partial charge in [-0.3, -0.25) is 0 Å². The highest BCUT2D eigenvalue weighted by atomic mass is 16.5. The average molecular weight is 274 g/mol. The number of hydrogen-bond acceptors (Lipinski definition) is 2. The zero-order chi connectivity index (χ0) is 14.6. The van der Waals surface area contributed by atoms with Crippen LogP contribution in [0.5, 0.6) is 5.75 Å². The molecule has 0 aliphatic heterocycles. The molecule has 3 nitrogen and oxygen atoms in total. The molecule has 0 spiro atoms. The number of benzene rings is 1. The average Bonchev–Trinajstić information content (AvgIpc) is 2.84. The summed E-state index contributed by atoms with van der Waals surface area (Å²) >= 11 is 0. The second-order valence-corrected chi connectivity index (χ2v) is 5.80. The van der Waals surface area contributed by atoms with E-state index in [2.05, 4.69) is 55.1 Å². The van der Waals surface area contributed by atoms with Crippen LogP contribution in [0.2, 0.25) is 0 Å². The molecule has 0 saturated carbocycles. The zero-order valence-corrected chi connectivity index (χ0v) is 13.1. The lowest BCUT2D eigenvalue weighted by Crippen LogP contribution is -2.40. The number of hydrogen-bond donors (Lipinski definition) is 1. The number of aromatic nitrogens is 1. The molecule has 1 heterocycles. The van der Waals surface area contributed by atoms with Crippen molar-refractivity contribution in [2.24, 2.45) is 0 Å². The van der Waals surface area contributed by atoms with Crippen molar-refractivity contribution in [1.29, 1.82) is 0 Å². The van der Waals surface area contributed by atoms with Crippen molar-refractivity contribution in [3.8, 4) is 5.75 Å². The first-order valence-corrected chi connectivity index (χ1v) is 7.53. The Labute approximate surface area is 121 Å². The van der Waals surface area contributed by atoms with Crippen molar-refractivity contribution < 1.29 is 4.74 Å². The molecule has 2 rings (SSSR count). The topological polar surface area (TPSA) is 26.2 Å². The SMILES string of the molecule is CCOc1cccc2c1ccn2CCNC(C)(C)CC. The normalized spacial score (nSPS) is 12.0. The molecule has 0 unspecified atom stereocenters. The number of rotatable bonds is 7. The van der Waals surface area contributed by atoms with Crippen LogP contribution in [0, 0.1) is 0 Å². The summed E-state index contributed by atoms with van der Waals surface area (Å²) in [4.78, 5) is 0.